The van der Waals surface area contributed by atoms with E-state index in [-0.39, 0.29) is 11.7 Å². The molecule has 0 saturated carbocycles. The van der Waals surface area contributed by atoms with E-state index < -0.39 is 10.8 Å². The van der Waals surface area contributed by atoms with Gasteiger partial charge in [0.1, 0.15) is 4.92 Å². The van der Waals surface area contributed by atoms with Crippen LogP contribution in [0.25, 0.3) is 0 Å². The quantitative estimate of drug-likeness (QED) is 0.608. The molecule has 0 bridgehead atoms. The molecule has 0 N–H and O–H groups in total. The number of nitrogens with zero attached hydrogens (tertiary/aromatic N) is 4. The smallest absolute Gasteiger partial charge is 0.395 e. The maximum atomic E-state index is 12.6. The highest BCUT2D eigenvalue weighted by atomic mass is 16.6. The molecule has 8 nitrogen and oxygen atoms in total. The number of likely N-dealkylation sites (N-methyl/N-ethyl adjacent to an activating group) is 1. The highest BCUT2D eigenvalue weighted by Gasteiger charge is 2.26. The monoisotopic (exact) mass is 370 g/mol. The number of carbonyl (C=O) groups excluding carboxylic acids is 1. The molecule has 2 aliphatic rings. The highest BCUT2D eigenvalue weighted by Crippen LogP contribution is 2.27. The summed E-state index contributed by atoms with van der Waals surface area (Å²) < 4.78 is 5.05. The van der Waals surface area contributed by atoms with Gasteiger partial charge in [0.25, 0.3) is 5.91 Å². The van der Waals surface area contributed by atoms with Crippen LogP contribution in [0.4, 0.5) is 11.6 Å². The summed E-state index contributed by atoms with van der Waals surface area (Å²) in [5.41, 5.74) is 3.62. The molecule has 1 fully saturated rings. The van der Waals surface area contributed by atoms with Gasteiger partial charge in [-0.15, -0.1) is 0 Å². The van der Waals surface area contributed by atoms with Crippen molar-refractivity contribution in [3.05, 3.63) is 57.3 Å². The summed E-state index contributed by atoms with van der Waals surface area (Å²) in [6.45, 7) is 5.25. The van der Waals surface area contributed by atoms with Gasteiger partial charge in [-0.1, -0.05) is 6.07 Å². The molecule has 27 heavy (non-hydrogen) atoms. The van der Waals surface area contributed by atoms with Crippen LogP contribution in [0.2, 0.25) is 0 Å². The van der Waals surface area contributed by atoms with E-state index in [0.717, 1.165) is 38.2 Å². The zero-order valence-corrected chi connectivity index (χ0v) is 15.3. The summed E-state index contributed by atoms with van der Waals surface area (Å²) >= 11 is 0. The number of benzene rings is 1. The van der Waals surface area contributed by atoms with Crippen LogP contribution in [-0.4, -0.2) is 60.4 Å². The second-order valence-electron chi connectivity index (χ2n) is 7.12. The van der Waals surface area contributed by atoms with Crippen molar-refractivity contribution in [1.29, 1.82) is 0 Å². The molecule has 1 amide bonds. The van der Waals surface area contributed by atoms with Crippen molar-refractivity contribution in [3.8, 4) is 0 Å². The van der Waals surface area contributed by atoms with Crippen LogP contribution in [0.1, 0.15) is 21.7 Å². The van der Waals surface area contributed by atoms with Crippen molar-refractivity contribution in [2.24, 2.45) is 0 Å². The maximum absolute atomic E-state index is 12.6. The second kappa shape index (κ2) is 7.03. The van der Waals surface area contributed by atoms with E-state index in [2.05, 4.69) is 35.0 Å². The summed E-state index contributed by atoms with van der Waals surface area (Å²) in [6.07, 6.45) is 0.769. The number of piperazine rings is 1. The molecule has 0 atom stereocenters. The Morgan fingerprint density at radius 2 is 1.85 bits per heavy atom. The molecule has 2 aromatic rings. The number of amides is 1. The molecular weight excluding hydrogens is 348 g/mol. The summed E-state index contributed by atoms with van der Waals surface area (Å²) in [5, 5.41) is 10.7. The third-order valence-electron chi connectivity index (χ3n) is 5.34. The molecule has 142 valence electrons. The SMILES string of the molecule is CN1CCN(c2ccc3c(c2)CCN(C(=O)c2ccc([N+](=O)[O-])o2)C3)CC1. The lowest BCUT2D eigenvalue weighted by Crippen LogP contribution is -2.44. The molecule has 1 aromatic carbocycles. The third-order valence-corrected chi connectivity index (χ3v) is 5.34. The predicted octanol–water partition coefficient (Wildman–Crippen LogP) is 2.14. The lowest BCUT2D eigenvalue weighted by molar-refractivity contribution is -0.402. The normalized spacial score (nSPS) is 17.7. The van der Waals surface area contributed by atoms with Crippen LogP contribution in [-0.2, 0) is 13.0 Å². The summed E-state index contributed by atoms with van der Waals surface area (Å²) in [4.78, 5) is 29.1. The fourth-order valence-electron chi connectivity index (χ4n) is 3.67. The van der Waals surface area contributed by atoms with Gasteiger partial charge in [-0.3, -0.25) is 14.9 Å². The van der Waals surface area contributed by atoms with Crippen molar-refractivity contribution in [2.45, 2.75) is 13.0 Å². The van der Waals surface area contributed by atoms with Crippen molar-refractivity contribution in [2.75, 3.05) is 44.7 Å². The number of nitro groups is 1. The van der Waals surface area contributed by atoms with Gasteiger partial charge in [0.05, 0.1) is 6.07 Å². The lowest BCUT2D eigenvalue weighted by atomic mass is 9.98. The minimum Gasteiger partial charge on any atom is -0.395 e. The van der Waals surface area contributed by atoms with Crippen LogP contribution in [0.5, 0.6) is 0 Å². The van der Waals surface area contributed by atoms with Crippen LogP contribution >= 0.6 is 0 Å². The first-order chi connectivity index (χ1) is 13.0. The van der Waals surface area contributed by atoms with Crippen LogP contribution < -0.4 is 4.90 Å². The maximum Gasteiger partial charge on any atom is 0.433 e. The van der Waals surface area contributed by atoms with Crippen LogP contribution in [0.3, 0.4) is 0 Å². The molecule has 4 rings (SSSR count). The average molecular weight is 370 g/mol. The number of carbonyl (C=O) groups is 1. The van der Waals surface area contributed by atoms with E-state index in [0.29, 0.717) is 13.1 Å². The molecule has 0 aliphatic carbocycles. The molecule has 1 aromatic heterocycles. The Hall–Kier alpha value is -2.87. The van der Waals surface area contributed by atoms with Gasteiger partial charge in [0.2, 0.25) is 0 Å². The van der Waals surface area contributed by atoms with Crippen molar-refractivity contribution in [3.63, 3.8) is 0 Å². The van der Waals surface area contributed by atoms with Crippen LogP contribution in [0, 0.1) is 10.1 Å². The predicted molar refractivity (Wildman–Crippen MR) is 100.0 cm³/mol. The first kappa shape index (κ1) is 17.5. The highest BCUT2D eigenvalue weighted by molar-refractivity contribution is 5.92. The fraction of sp³-hybridized carbons (Fsp3) is 0.421. The van der Waals surface area contributed by atoms with Gasteiger partial charge in [0.15, 0.2) is 5.76 Å². The molecule has 0 spiro atoms. The Morgan fingerprint density at radius 3 is 2.56 bits per heavy atom. The molecule has 3 heterocycles. The Labute approximate surface area is 157 Å². The van der Waals surface area contributed by atoms with Crippen molar-refractivity contribution >= 4 is 17.5 Å². The number of furan rings is 1. The molecule has 1 saturated heterocycles. The largest absolute Gasteiger partial charge is 0.433 e. The average Bonchev–Trinajstić information content (AvgIpc) is 3.18. The Balaban J connectivity index is 1.46. The van der Waals surface area contributed by atoms with E-state index in [9.17, 15) is 14.9 Å². The second-order valence-corrected chi connectivity index (χ2v) is 7.12. The minimum absolute atomic E-state index is 0.0132. The summed E-state index contributed by atoms with van der Waals surface area (Å²) in [6, 6.07) is 9.03. The van der Waals surface area contributed by atoms with Crippen molar-refractivity contribution < 1.29 is 14.1 Å². The Morgan fingerprint density at radius 1 is 1.07 bits per heavy atom. The van der Waals surface area contributed by atoms with Gasteiger partial charge in [0, 0.05) is 45.0 Å². The van der Waals surface area contributed by atoms with Gasteiger partial charge in [-0.2, -0.15) is 0 Å². The van der Waals surface area contributed by atoms with E-state index in [4.69, 9.17) is 4.42 Å². The summed E-state index contributed by atoms with van der Waals surface area (Å²) in [7, 11) is 2.14. The fourth-order valence-corrected chi connectivity index (χ4v) is 3.67. The van der Waals surface area contributed by atoms with Gasteiger partial charge >= 0.3 is 5.88 Å². The Kier molecular flexibility index (Phi) is 4.57. The van der Waals surface area contributed by atoms with Gasteiger partial charge in [-0.25, -0.2) is 0 Å². The molecular formula is C19H22N4O4. The zero-order chi connectivity index (χ0) is 19.0. The third kappa shape index (κ3) is 3.52. The number of anilines is 1. The first-order valence-electron chi connectivity index (χ1n) is 9.10. The molecule has 0 radical (unpaired) electrons. The number of hydrogen-bond acceptors (Lipinski definition) is 6. The minimum atomic E-state index is -0.637. The van der Waals surface area contributed by atoms with E-state index >= 15 is 0 Å². The van der Waals surface area contributed by atoms with Crippen LogP contribution in [0.15, 0.2) is 34.7 Å². The zero-order valence-electron chi connectivity index (χ0n) is 15.3. The standard InChI is InChI=1S/C19H22N4O4/c1-20-8-10-21(11-9-20)16-3-2-15-13-22(7-6-14(15)12-16)19(24)17-4-5-18(27-17)23(25)26/h2-5,12H,6-11,13H2,1H3. The topological polar surface area (TPSA) is 83.1 Å². The molecule has 0 unspecified atom stereocenters. The van der Waals surface area contributed by atoms with Gasteiger partial charge in [-0.05, 0) is 42.8 Å². The molecule has 8 heteroatoms. The number of rotatable bonds is 3. The van der Waals surface area contributed by atoms with Gasteiger partial charge < -0.3 is 19.1 Å². The van der Waals surface area contributed by atoms with E-state index in [1.165, 1.54) is 23.4 Å². The van der Waals surface area contributed by atoms with E-state index in [1.807, 2.05) is 0 Å². The van der Waals surface area contributed by atoms with E-state index in [1.54, 1.807) is 4.90 Å². The first-order valence-corrected chi connectivity index (χ1v) is 9.10. The number of hydrogen-bond donors (Lipinski definition) is 0. The Bertz CT molecular complexity index is 870. The number of fused-ring (bicyclic) bond motifs is 1. The van der Waals surface area contributed by atoms with Crippen molar-refractivity contribution in [1.82, 2.24) is 9.80 Å². The summed E-state index contributed by atoms with van der Waals surface area (Å²) in [5.74, 6) is -0.705. The molecule has 2 aliphatic heterocycles. The lowest BCUT2D eigenvalue weighted by Gasteiger charge is -2.35.